The van der Waals surface area contributed by atoms with Gasteiger partial charge in [0.2, 0.25) is 0 Å². The summed E-state index contributed by atoms with van der Waals surface area (Å²) in [6.45, 7) is 4.73. The van der Waals surface area contributed by atoms with Crippen LogP contribution in [0.1, 0.15) is 38.5 Å². The summed E-state index contributed by atoms with van der Waals surface area (Å²) in [4.78, 5) is 0. The monoisotopic (exact) mass is 247 g/mol. The molecule has 0 fully saturated rings. The van der Waals surface area contributed by atoms with Crippen molar-refractivity contribution in [3.8, 4) is 0 Å². The third-order valence-electron chi connectivity index (χ3n) is 3.15. The summed E-state index contributed by atoms with van der Waals surface area (Å²) in [5.74, 6) is 0.917. The number of aliphatic hydroxyl groups excluding tert-OH is 1. The minimum atomic E-state index is -0.276. The predicted octanol–water partition coefficient (Wildman–Crippen LogP) is 3.24. The van der Waals surface area contributed by atoms with E-state index in [4.69, 9.17) is 4.42 Å². The number of benzene rings is 1. The van der Waals surface area contributed by atoms with Gasteiger partial charge >= 0.3 is 0 Å². The SMILES string of the molecule is CCCC(O)CNC(C)c1cc2ccccc2o1. The quantitative estimate of drug-likeness (QED) is 0.823. The van der Waals surface area contributed by atoms with Gasteiger partial charge in [0.25, 0.3) is 0 Å². The molecule has 0 aliphatic carbocycles. The van der Waals surface area contributed by atoms with E-state index in [0.29, 0.717) is 6.54 Å². The van der Waals surface area contributed by atoms with Crippen LogP contribution < -0.4 is 5.32 Å². The first-order valence-electron chi connectivity index (χ1n) is 6.60. The molecular formula is C15H21NO2. The molecule has 0 radical (unpaired) electrons. The summed E-state index contributed by atoms with van der Waals surface area (Å²) in [5.41, 5.74) is 0.912. The van der Waals surface area contributed by atoms with Gasteiger partial charge in [0.05, 0.1) is 12.1 Å². The molecule has 2 atom stereocenters. The Morgan fingerprint density at radius 1 is 1.33 bits per heavy atom. The van der Waals surface area contributed by atoms with Gasteiger partial charge in [-0.25, -0.2) is 0 Å². The van der Waals surface area contributed by atoms with Crippen LogP contribution in [0.3, 0.4) is 0 Å². The highest BCUT2D eigenvalue weighted by Gasteiger charge is 2.12. The summed E-state index contributed by atoms with van der Waals surface area (Å²) in [6, 6.07) is 10.2. The molecule has 2 unspecified atom stereocenters. The molecule has 98 valence electrons. The second-order valence-corrected chi connectivity index (χ2v) is 4.76. The Hall–Kier alpha value is -1.32. The van der Waals surface area contributed by atoms with E-state index in [9.17, 15) is 5.11 Å². The fourth-order valence-electron chi connectivity index (χ4n) is 2.06. The maximum Gasteiger partial charge on any atom is 0.134 e. The molecule has 1 heterocycles. The Bertz CT molecular complexity index is 459. The minimum absolute atomic E-state index is 0.115. The molecule has 2 rings (SSSR count). The number of furan rings is 1. The van der Waals surface area contributed by atoms with Crippen molar-refractivity contribution in [1.82, 2.24) is 5.32 Å². The first-order chi connectivity index (χ1) is 8.70. The minimum Gasteiger partial charge on any atom is -0.459 e. The zero-order valence-corrected chi connectivity index (χ0v) is 11.0. The van der Waals surface area contributed by atoms with Crippen LogP contribution in [0.25, 0.3) is 11.0 Å². The molecule has 0 saturated carbocycles. The highest BCUT2D eigenvalue weighted by atomic mass is 16.3. The van der Waals surface area contributed by atoms with Crippen LogP contribution in [-0.4, -0.2) is 17.8 Å². The largest absolute Gasteiger partial charge is 0.459 e. The second-order valence-electron chi connectivity index (χ2n) is 4.76. The van der Waals surface area contributed by atoms with Gasteiger partial charge in [0, 0.05) is 11.9 Å². The maximum atomic E-state index is 9.69. The van der Waals surface area contributed by atoms with Gasteiger partial charge < -0.3 is 14.8 Å². The molecule has 0 bridgehead atoms. The molecule has 2 N–H and O–H groups in total. The molecule has 0 aliphatic heterocycles. The van der Waals surface area contributed by atoms with Gasteiger partial charge in [-0.15, -0.1) is 0 Å². The molecule has 3 heteroatoms. The highest BCUT2D eigenvalue weighted by Crippen LogP contribution is 2.23. The van der Waals surface area contributed by atoms with Gasteiger partial charge in [-0.3, -0.25) is 0 Å². The number of aliphatic hydroxyl groups is 1. The summed E-state index contributed by atoms with van der Waals surface area (Å²) < 4.78 is 5.78. The van der Waals surface area contributed by atoms with Crippen molar-refractivity contribution in [2.24, 2.45) is 0 Å². The summed E-state index contributed by atoms with van der Waals surface area (Å²) in [6.07, 6.45) is 1.56. The molecule has 3 nitrogen and oxygen atoms in total. The highest BCUT2D eigenvalue weighted by molar-refractivity contribution is 5.77. The van der Waals surface area contributed by atoms with Crippen molar-refractivity contribution < 1.29 is 9.52 Å². The van der Waals surface area contributed by atoms with Gasteiger partial charge in [0.15, 0.2) is 0 Å². The van der Waals surface area contributed by atoms with Gasteiger partial charge in [-0.05, 0) is 25.5 Å². The number of para-hydroxylation sites is 1. The molecule has 18 heavy (non-hydrogen) atoms. The fraction of sp³-hybridized carbons (Fsp3) is 0.467. The van der Waals surface area contributed by atoms with Gasteiger partial charge in [0.1, 0.15) is 11.3 Å². The summed E-state index contributed by atoms with van der Waals surface area (Å²) in [5, 5.41) is 14.1. The van der Waals surface area contributed by atoms with E-state index in [1.807, 2.05) is 24.3 Å². The van der Waals surface area contributed by atoms with Gasteiger partial charge in [-0.2, -0.15) is 0 Å². The van der Waals surface area contributed by atoms with Crippen molar-refractivity contribution in [1.29, 1.82) is 0 Å². The molecule has 0 aliphatic rings. The third kappa shape index (κ3) is 3.12. The topological polar surface area (TPSA) is 45.4 Å². The molecule has 1 aromatic carbocycles. The van der Waals surface area contributed by atoms with Crippen molar-refractivity contribution in [3.05, 3.63) is 36.1 Å². The maximum absolute atomic E-state index is 9.69. The van der Waals surface area contributed by atoms with Crippen LogP contribution in [0, 0.1) is 0 Å². The van der Waals surface area contributed by atoms with E-state index < -0.39 is 0 Å². The zero-order chi connectivity index (χ0) is 13.0. The first-order valence-corrected chi connectivity index (χ1v) is 6.60. The lowest BCUT2D eigenvalue weighted by atomic mass is 10.2. The normalized spacial score (nSPS) is 14.8. The van der Waals surface area contributed by atoms with Gasteiger partial charge in [-0.1, -0.05) is 31.5 Å². The summed E-state index contributed by atoms with van der Waals surface area (Å²) >= 11 is 0. The number of fused-ring (bicyclic) bond motifs is 1. The molecule has 0 spiro atoms. The number of nitrogens with one attached hydrogen (secondary N) is 1. The molecule has 0 saturated heterocycles. The second kappa shape index (κ2) is 6.03. The fourth-order valence-corrected chi connectivity index (χ4v) is 2.06. The smallest absolute Gasteiger partial charge is 0.134 e. The predicted molar refractivity (Wildman–Crippen MR) is 73.5 cm³/mol. The lowest BCUT2D eigenvalue weighted by Gasteiger charge is -2.14. The average Bonchev–Trinajstić information content (AvgIpc) is 2.80. The molecule has 0 amide bonds. The van der Waals surface area contributed by atoms with Crippen molar-refractivity contribution in [3.63, 3.8) is 0 Å². The lowest BCUT2D eigenvalue weighted by molar-refractivity contribution is 0.156. The van der Waals surface area contributed by atoms with E-state index in [1.165, 1.54) is 0 Å². The average molecular weight is 247 g/mol. The Balaban J connectivity index is 1.98. The lowest BCUT2D eigenvalue weighted by Crippen LogP contribution is -2.28. The van der Waals surface area contributed by atoms with Crippen LogP contribution >= 0.6 is 0 Å². The van der Waals surface area contributed by atoms with Crippen LogP contribution in [0.4, 0.5) is 0 Å². The zero-order valence-electron chi connectivity index (χ0n) is 11.0. The van der Waals surface area contributed by atoms with E-state index in [1.54, 1.807) is 0 Å². The van der Waals surface area contributed by atoms with E-state index in [2.05, 4.69) is 25.2 Å². The van der Waals surface area contributed by atoms with E-state index in [0.717, 1.165) is 29.6 Å². The Morgan fingerprint density at radius 2 is 2.11 bits per heavy atom. The van der Waals surface area contributed by atoms with Crippen molar-refractivity contribution in [2.75, 3.05) is 6.54 Å². The molecular weight excluding hydrogens is 226 g/mol. The number of hydrogen-bond acceptors (Lipinski definition) is 3. The Morgan fingerprint density at radius 3 is 2.83 bits per heavy atom. The Labute approximate surface area is 108 Å². The standard InChI is InChI=1S/C15H21NO2/c1-3-6-13(17)10-16-11(2)15-9-12-7-4-5-8-14(12)18-15/h4-5,7-9,11,13,16-17H,3,6,10H2,1-2H3. The van der Waals surface area contributed by atoms with Crippen molar-refractivity contribution >= 4 is 11.0 Å². The number of rotatable bonds is 6. The number of hydrogen-bond donors (Lipinski definition) is 2. The van der Waals surface area contributed by atoms with Crippen LogP contribution in [0.2, 0.25) is 0 Å². The summed E-state index contributed by atoms with van der Waals surface area (Å²) in [7, 11) is 0. The van der Waals surface area contributed by atoms with Crippen LogP contribution in [0.15, 0.2) is 34.7 Å². The van der Waals surface area contributed by atoms with Crippen LogP contribution in [0.5, 0.6) is 0 Å². The van der Waals surface area contributed by atoms with Crippen molar-refractivity contribution in [2.45, 2.75) is 38.8 Å². The van der Waals surface area contributed by atoms with Crippen LogP contribution in [-0.2, 0) is 0 Å². The third-order valence-corrected chi connectivity index (χ3v) is 3.15. The van der Waals surface area contributed by atoms with E-state index >= 15 is 0 Å². The Kier molecular flexibility index (Phi) is 4.39. The molecule has 1 aromatic heterocycles. The first kappa shape index (κ1) is 13.1. The molecule has 2 aromatic rings. The van der Waals surface area contributed by atoms with E-state index in [-0.39, 0.29) is 12.1 Å².